The van der Waals surface area contributed by atoms with Crippen molar-refractivity contribution in [3.8, 4) is 5.75 Å². The number of hydrogen-bond donors (Lipinski definition) is 1. The van der Waals surface area contributed by atoms with Crippen LogP contribution in [0.4, 0.5) is 5.13 Å². The van der Waals surface area contributed by atoms with E-state index >= 15 is 0 Å². The molecular weight excluding hydrogens is 398 g/mol. The summed E-state index contributed by atoms with van der Waals surface area (Å²) in [6, 6.07) is 17.2. The van der Waals surface area contributed by atoms with E-state index in [-0.39, 0.29) is 18.3 Å². The van der Waals surface area contributed by atoms with Gasteiger partial charge in [0.1, 0.15) is 5.75 Å². The Balaban J connectivity index is 1.31. The summed E-state index contributed by atoms with van der Waals surface area (Å²) in [7, 11) is 0. The fourth-order valence-corrected chi connectivity index (χ4v) is 4.45. The molecule has 0 bridgehead atoms. The van der Waals surface area contributed by atoms with Gasteiger partial charge in [0.2, 0.25) is 0 Å². The van der Waals surface area contributed by atoms with E-state index < -0.39 is 0 Å². The number of aromatic nitrogens is 1. The Morgan fingerprint density at radius 1 is 1.17 bits per heavy atom. The minimum absolute atomic E-state index is 0.0421. The van der Waals surface area contributed by atoms with Crippen molar-refractivity contribution < 1.29 is 14.3 Å². The largest absolute Gasteiger partial charge is 0.484 e. The maximum atomic E-state index is 12.3. The lowest BCUT2D eigenvalue weighted by Crippen LogP contribution is -2.29. The third kappa shape index (κ3) is 5.11. The Kier molecular flexibility index (Phi) is 6.21. The molecule has 1 aromatic heterocycles. The van der Waals surface area contributed by atoms with Crippen LogP contribution in [0.1, 0.15) is 33.4 Å². The van der Waals surface area contributed by atoms with Gasteiger partial charge in [0.05, 0.1) is 5.69 Å². The molecule has 0 saturated carbocycles. The van der Waals surface area contributed by atoms with E-state index in [1.54, 1.807) is 24.3 Å². The van der Waals surface area contributed by atoms with Gasteiger partial charge in [-0.05, 0) is 24.6 Å². The van der Waals surface area contributed by atoms with Crippen LogP contribution in [-0.2, 0) is 24.3 Å². The van der Waals surface area contributed by atoms with Gasteiger partial charge >= 0.3 is 0 Å². The van der Waals surface area contributed by atoms with E-state index in [2.05, 4.69) is 39.5 Å². The van der Waals surface area contributed by atoms with E-state index in [9.17, 15) is 9.59 Å². The monoisotopic (exact) mass is 421 g/mol. The normalized spacial score (nSPS) is 13.5. The number of fused-ring (bicyclic) bond motifs is 1. The number of thiazole rings is 1. The smallest absolute Gasteiger partial charge is 0.264 e. The van der Waals surface area contributed by atoms with Gasteiger partial charge in [-0.3, -0.25) is 19.8 Å². The third-order valence-corrected chi connectivity index (χ3v) is 5.91. The molecular formula is C23H23N3O3S. The van der Waals surface area contributed by atoms with E-state index in [1.165, 1.54) is 28.7 Å². The molecule has 0 saturated heterocycles. The van der Waals surface area contributed by atoms with E-state index in [4.69, 9.17) is 4.74 Å². The Morgan fingerprint density at radius 2 is 2.00 bits per heavy atom. The standard InChI is InChI=1S/C23H23N3O3S/c1-16(27)18-8-5-9-19(12-18)29-15-22(28)25-23-24-20-10-11-26(14-21(20)30-23)13-17-6-3-2-4-7-17/h2-9,12H,10-11,13-15H2,1H3,(H,24,25,28). The Labute approximate surface area is 179 Å². The van der Waals surface area contributed by atoms with Gasteiger partial charge < -0.3 is 4.74 Å². The number of hydrogen-bond acceptors (Lipinski definition) is 6. The minimum Gasteiger partial charge on any atom is -0.484 e. The highest BCUT2D eigenvalue weighted by Crippen LogP contribution is 2.29. The zero-order valence-electron chi connectivity index (χ0n) is 16.8. The van der Waals surface area contributed by atoms with Crippen LogP contribution in [-0.4, -0.2) is 34.7 Å². The van der Waals surface area contributed by atoms with Crippen molar-refractivity contribution >= 4 is 28.2 Å². The SMILES string of the molecule is CC(=O)c1cccc(OCC(=O)Nc2nc3c(s2)CN(Cc2ccccc2)CC3)c1. The lowest BCUT2D eigenvalue weighted by molar-refractivity contribution is -0.118. The number of nitrogens with zero attached hydrogens (tertiary/aromatic N) is 2. The summed E-state index contributed by atoms with van der Waals surface area (Å²) >= 11 is 1.52. The van der Waals surface area contributed by atoms with Crippen LogP contribution in [0.3, 0.4) is 0 Å². The van der Waals surface area contributed by atoms with Gasteiger partial charge in [0, 0.05) is 36.5 Å². The summed E-state index contributed by atoms with van der Waals surface area (Å²) in [5.41, 5.74) is 2.92. The summed E-state index contributed by atoms with van der Waals surface area (Å²) in [6.07, 6.45) is 0.878. The first-order chi connectivity index (χ1) is 14.6. The minimum atomic E-state index is -0.268. The van der Waals surface area contributed by atoms with Crippen molar-refractivity contribution in [3.05, 3.63) is 76.3 Å². The number of carbonyl (C=O) groups is 2. The summed E-state index contributed by atoms with van der Waals surface area (Å²) < 4.78 is 5.52. The molecule has 0 unspecified atom stereocenters. The van der Waals surface area contributed by atoms with E-state index in [1.807, 2.05) is 6.07 Å². The van der Waals surface area contributed by atoms with Gasteiger partial charge in [-0.15, -0.1) is 11.3 Å². The van der Waals surface area contributed by atoms with Crippen LogP contribution in [0.5, 0.6) is 5.75 Å². The average Bonchev–Trinajstić information content (AvgIpc) is 3.14. The number of amides is 1. The van der Waals surface area contributed by atoms with Crippen LogP contribution in [0.25, 0.3) is 0 Å². The summed E-state index contributed by atoms with van der Waals surface area (Å²) in [6.45, 7) is 4.07. The molecule has 0 radical (unpaired) electrons. The molecule has 1 N–H and O–H groups in total. The van der Waals surface area contributed by atoms with Gasteiger partial charge in [0.25, 0.3) is 5.91 Å². The second kappa shape index (κ2) is 9.19. The first-order valence-electron chi connectivity index (χ1n) is 9.85. The van der Waals surface area contributed by atoms with E-state index in [0.717, 1.165) is 31.7 Å². The molecule has 1 aliphatic heterocycles. The van der Waals surface area contributed by atoms with Crippen molar-refractivity contribution in [1.29, 1.82) is 0 Å². The molecule has 2 aromatic carbocycles. The van der Waals surface area contributed by atoms with Crippen LogP contribution >= 0.6 is 11.3 Å². The first-order valence-corrected chi connectivity index (χ1v) is 10.7. The van der Waals surface area contributed by atoms with Gasteiger partial charge in [-0.2, -0.15) is 0 Å². The Hall–Kier alpha value is -3.03. The molecule has 2 heterocycles. The second-order valence-corrected chi connectivity index (χ2v) is 8.34. The number of rotatable bonds is 7. The third-order valence-electron chi connectivity index (χ3n) is 4.92. The average molecular weight is 422 g/mol. The fourth-order valence-electron chi connectivity index (χ4n) is 3.39. The number of anilines is 1. The summed E-state index contributed by atoms with van der Waals surface area (Å²) in [5.74, 6) is 0.183. The number of benzene rings is 2. The molecule has 0 aliphatic carbocycles. The molecule has 4 rings (SSSR count). The topological polar surface area (TPSA) is 71.5 Å². The zero-order chi connectivity index (χ0) is 20.9. The highest BCUT2D eigenvalue weighted by Gasteiger charge is 2.21. The summed E-state index contributed by atoms with van der Waals surface area (Å²) in [4.78, 5) is 31.9. The predicted octanol–water partition coefficient (Wildman–Crippen LogP) is 3.92. The molecule has 30 heavy (non-hydrogen) atoms. The molecule has 1 aliphatic rings. The molecule has 7 heteroatoms. The zero-order valence-corrected chi connectivity index (χ0v) is 17.6. The lowest BCUT2D eigenvalue weighted by Gasteiger charge is -2.25. The van der Waals surface area contributed by atoms with Gasteiger partial charge in [-0.25, -0.2) is 4.98 Å². The highest BCUT2D eigenvalue weighted by molar-refractivity contribution is 7.15. The number of ketones is 1. The Morgan fingerprint density at radius 3 is 2.80 bits per heavy atom. The van der Waals surface area contributed by atoms with Crippen molar-refractivity contribution in [2.75, 3.05) is 18.5 Å². The van der Waals surface area contributed by atoms with Crippen LogP contribution in [0.15, 0.2) is 54.6 Å². The molecule has 1 amide bonds. The lowest BCUT2D eigenvalue weighted by atomic mass is 10.1. The van der Waals surface area contributed by atoms with Gasteiger partial charge in [-0.1, -0.05) is 42.5 Å². The molecule has 0 atom stereocenters. The van der Waals surface area contributed by atoms with Crippen molar-refractivity contribution in [2.45, 2.75) is 26.4 Å². The number of Topliss-reactive ketones (excluding diaryl/α,β-unsaturated/α-hetero) is 1. The van der Waals surface area contributed by atoms with Crippen molar-refractivity contribution in [3.63, 3.8) is 0 Å². The van der Waals surface area contributed by atoms with Crippen molar-refractivity contribution in [2.24, 2.45) is 0 Å². The molecule has 0 spiro atoms. The fraction of sp³-hybridized carbons (Fsp3) is 0.261. The van der Waals surface area contributed by atoms with Crippen LogP contribution < -0.4 is 10.1 Å². The molecule has 154 valence electrons. The van der Waals surface area contributed by atoms with E-state index in [0.29, 0.717) is 16.4 Å². The number of nitrogens with one attached hydrogen (secondary N) is 1. The maximum Gasteiger partial charge on any atom is 0.264 e. The van der Waals surface area contributed by atoms with Crippen LogP contribution in [0.2, 0.25) is 0 Å². The Bertz CT molecular complexity index is 1050. The molecule has 0 fully saturated rings. The molecule has 6 nitrogen and oxygen atoms in total. The molecule has 3 aromatic rings. The van der Waals surface area contributed by atoms with Crippen LogP contribution in [0, 0.1) is 0 Å². The van der Waals surface area contributed by atoms with Gasteiger partial charge in [0.15, 0.2) is 17.5 Å². The number of ether oxygens (including phenoxy) is 1. The number of carbonyl (C=O) groups excluding carboxylic acids is 2. The highest BCUT2D eigenvalue weighted by atomic mass is 32.1. The van der Waals surface area contributed by atoms with Crippen molar-refractivity contribution in [1.82, 2.24) is 9.88 Å². The maximum absolute atomic E-state index is 12.3. The predicted molar refractivity (Wildman–Crippen MR) is 117 cm³/mol. The first kappa shape index (κ1) is 20.3. The summed E-state index contributed by atoms with van der Waals surface area (Å²) in [5, 5.41) is 3.43. The quantitative estimate of drug-likeness (QED) is 0.586. The second-order valence-electron chi connectivity index (χ2n) is 7.26.